The summed E-state index contributed by atoms with van der Waals surface area (Å²) >= 11 is 0. The maximum atomic E-state index is 8.88. The number of piperidine rings is 1. The van der Waals surface area contributed by atoms with Gasteiger partial charge in [0.1, 0.15) is 0 Å². The van der Waals surface area contributed by atoms with Crippen LogP contribution in [-0.4, -0.2) is 54.9 Å². The predicted octanol–water partition coefficient (Wildman–Crippen LogP) is -0.0378. The monoisotopic (exact) mass is 158 g/mol. The lowest BCUT2D eigenvalue weighted by Crippen LogP contribution is -2.45. The van der Waals surface area contributed by atoms with E-state index in [9.17, 15) is 0 Å². The van der Waals surface area contributed by atoms with Crippen molar-refractivity contribution in [3.8, 4) is 0 Å². The highest BCUT2D eigenvalue weighted by Crippen LogP contribution is 2.12. The van der Waals surface area contributed by atoms with E-state index in [1.807, 2.05) is 11.9 Å². The van der Waals surface area contributed by atoms with Gasteiger partial charge in [0.05, 0.1) is 6.73 Å². The summed E-state index contributed by atoms with van der Waals surface area (Å²) in [7, 11) is 4.11. The molecule has 0 aromatic rings. The van der Waals surface area contributed by atoms with Gasteiger partial charge in [-0.3, -0.25) is 4.90 Å². The molecule has 1 aliphatic heterocycles. The van der Waals surface area contributed by atoms with Gasteiger partial charge in [-0.15, -0.1) is 0 Å². The zero-order valence-corrected chi connectivity index (χ0v) is 7.45. The van der Waals surface area contributed by atoms with E-state index >= 15 is 0 Å². The minimum Gasteiger partial charge on any atom is -0.381 e. The fraction of sp³-hybridized carbons (Fsp3) is 1.00. The highest BCUT2D eigenvalue weighted by Gasteiger charge is 2.19. The molecule has 0 aliphatic carbocycles. The summed E-state index contributed by atoms with van der Waals surface area (Å²) in [6, 6.07) is 0.554. The third kappa shape index (κ3) is 2.43. The lowest BCUT2D eigenvalue weighted by Gasteiger charge is -2.34. The fourth-order valence-corrected chi connectivity index (χ4v) is 1.61. The van der Waals surface area contributed by atoms with Gasteiger partial charge in [0.15, 0.2) is 0 Å². The number of aliphatic hydroxyl groups excluding tert-OH is 1. The van der Waals surface area contributed by atoms with Crippen LogP contribution in [0.3, 0.4) is 0 Å². The quantitative estimate of drug-likeness (QED) is 0.571. The van der Waals surface area contributed by atoms with Crippen molar-refractivity contribution in [2.75, 3.05) is 33.9 Å². The van der Waals surface area contributed by atoms with E-state index in [2.05, 4.69) is 11.9 Å². The molecule has 3 heteroatoms. The van der Waals surface area contributed by atoms with E-state index in [1.165, 1.54) is 19.4 Å². The molecule has 0 spiro atoms. The van der Waals surface area contributed by atoms with E-state index < -0.39 is 0 Å². The third-order valence-electron chi connectivity index (χ3n) is 2.45. The Morgan fingerprint density at radius 2 is 2.36 bits per heavy atom. The second kappa shape index (κ2) is 4.04. The SMILES string of the molecule is CN1CCCC(N(C)CO)C1. The standard InChI is InChI=1S/C8H18N2O/c1-9-5-3-4-8(6-9)10(2)7-11/h8,11H,3-7H2,1-2H3. The molecule has 1 aliphatic rings. The zero-order chi connectivity index (χ0) is 8.27. The second-order valence-electron chi connectivity index (χ2n) is 3.46. The van der Waals surface area contributed by atoms with Gasteiger partial charge in [0.2, 0.25) is 0 Å². The van der Waals surface area contributed by atoms with Crippen molar-refractivity contribution < 1.29 is 5.11 Å². The summed E-state index contributed by atoms with van der Waals surface area (Å²) in [5.74, 6) is 0. The highest BCUT2D eigenvalue weighted by molar-refractivity contribution is 4.75. The molecular formula is C8H18N2O. The van der Waals surface area contributed by atoms with E-state index in [-0.39, 0.29) is 6.73 Å². The van der Waals surface area contributed by atoms with Gasteiger partial charge in [-0.2, -0.15) is 0 Å². The first-order valence-electron chi connectivity index (χ1n) is 4.23. The first-order valence-corrected chi connectivity index (χ1v) is 4.23. The van der Waals surface area contributed by atoms with Crippen LogP contribution in [0.25, 0.3) is 0 Å². The van der Waals surface area contributed by atoms with Crippen molar-refractivity contribution in [2.24, 2.45) is 0 Å². The highest BCUT2D eigenvalue weighted by atomic mass is 16.3. The van der Waals surface area contributed by atoms with Crippen LogP contribution < -0.4 is 0 Å². The van der Waals surface area contributed by atoms with Gasteiger partial charge in [0.25, 0.3) is 0 Å². The number of nitrogens with zero attached hydrogens (tertiary/aromatic N) is 2. The Bertz CT molecular complexity index is 119. The first kappa shape index (κ1) is 8.97. The van der Waals surface area contributed by atoms with E-state index in [4.69, 9.17) is 5.11 Å². The van der Waals surface area contributed by atoms with Crippen molar-refractivity contribution in [3.05, 3.63) is 0 Å². The molecule has 1 N–H and O–H groups in total. The molecule has 0 aromatic carbocycles. The van der Waals surface area contributed by atoms with Crippen LogP contribution >= 0.6 is 0 Å². The maximum Gasteiger partial charge on any atom is 0.0956 e. The summed E-state index contributed by atoms with van der Waals surface area (Å²) in [6.07, 6.45) is 2.48. The number of rotatable bonds is 2. The Balaban J connectivity index is 2.33. The molecule has 1 saturated heterocycles. The molecular weight excluding hydrogens is 140 g/mol. The van der Waals surface area contributed by atoms with E-state index in [0.29, 0.717) is 6.04 Å². The molecule has 1 fully saturated rings. The molecule has 0 aromatic heterocycles. The minimum atomic E-state index is 0.179. The van der Waals surface area contributed by atoms with Crippen LogP contribution in [-0.2, 0) is 0 Å². The lowest BCUT2D eigenvalue weighted by molar-refractivity contribution is 0.0564. The van der Waals surface area contributed by atoms with Crippen LogP contribution in [0.2, 0.25) is 0 Å². The number of hydrogen-bond donors (Lipinski definition) is 1. The van der Waals surface area contributed by atoms with Gasteiger partial charge < -0.3 is 10.0 Å². The molecule has 66 valence electrons. The maximum absolute atomic E-state index is 8.88. The third-order valence-corrected chi connectivity index (χ3v) is 2.45. The van der Waals surface area contributed by atoms with Crippen molar-refractivity contribution in [1.82, 2.24) is 9.80 Å². The van der Waals surface area contributed by atoms with Crippen LogP contribution in [0.4, 0.5) is 0 Å². The van der Waals surface area contributed by atoms with Gasteiger partial charge in [-0.1, -0.05) is 0 Å². The predicted molar refractivity (Wildman–Crippen MR) is 45.4 cm³/mol. The Morgan fingerprint density at radius 3 is 2.91 bits per heavy atom. The molecule has 1 rings (SSSR count). The van der Waals surface area contributed by atoms with Crippen molar-refractivity contribution in [3.63, 3.8) is 0 Å². The molecule has 3 nitrogen and oxygen atoms in total. The number of likely N-dealkylation sites (N-methyl/N-ethyl adjacent to an activating group) is 2. The molecule has 1 atom stereocenters. The molecule has 1 unspecified atom stereocenters. The minimum absolute atomic E-state index is 0.179. The van der Waals surface area contributed by atoms with Crippen LogP contribution in [0, 0.1) is 0 Å². The van der Waals surface area contributed by atoms with Gasteiger partial charge in [-0.25, -0.2) is 0 Å². The molecule has 0 radical (unpaired) electrons. The average Bonchev–Trinajstić information content (AvgIpc) is 2.03. The molecule has 0 amide bonds. The molecule has 1 heterocycles. The topological polar surface area (TPSA) is 26.7 Å². The van der Waals surface area contributed by atoms with Crippen LogP contribution in [0.1, 0.15) is 12.8 Å². The van der Waals surface area contributed by atoms with E-state index in [0.717, 1.165) is 6.54 Å². The van der Waals surface area contributed by atoms with Crippen molar-refractivity contribution in [1.29, 1.82) is 0 Å². The van der Waals surface area contributed by atoms with Crippen LogP contribution in [0.15, 0.2) is 0 Å². The summed E-state index contributed by atoms with van der Waals surface area (Å²) in [6.45, 7) is 2.48. The Hall–Kier alpha value is -0.120. The summed E-state index contributed by atoms with van der Waals surface area (Å²) in [5.41, 5.74) is 0. The molecule has 0 bridgehead atoms. The molecule has 0 saturated carbocycles. The lowest BCUT2D eigenvalue weighted by atomic mass is 10.1. The van der Waals surface area contributed by atoms with Crippen molar-refractivity contribution >= 4 is 0 Å². The summed E-state index contributed by atoms with van der Waals surface area (Å²) in [4.78, 5) is 4.33. The Kier molecular flexibility index (Phi) is 3.30. The first-order chi connectivity index (χ1) is 5.24. The second-order valence-corrected chi connectivity index (χ2v) is 3.46. The normalized spacial score (nSPS) is 27.8. The zero-order valence-electron chi connectivity index (χ0n) is 7.45. The van der Waals surface area contributed by atoms with Gasteiger partial charge in [-0.05, 0) is 33.5 Å². The van der Waals surface area contributed by atoms with Crippen molar-refractivity contribution in [2.45, 2.75) is 18.9 Å². The fourth-order valence-electron chi connectivity index (χ4n) is 1.61. The number of aliphatic hydroxyl groups is 1. The average molecular weight is 158 g/mol. The van der Waals surface area contributed by atoms with Gasteiger partial charge in [0, 0.05) is 12.6 Å². The molecule has 11 heavy (non-hydrogen) atoms. The summed E-state index contributed by atoms with van der Waals surface area (Å²) < 4.78 is 0. The largest absolute Gasteiger partial charge is 0.381 e. The van der Waals surface area contributed by atoms with Crippen LogP contribution in [0.5, 0.6) is 0 Å². The Labute approximate surface area is 68.6 Å². The summed E-state index contributed by atoms with van der Waals surface area (Å²) in [5, 5.41) is 8.88. The number of hydrogen-bond acceptors (Lipinski definition) is 3. The Morgan fingerprint density at radius 1 is 1.64 bits per heavy atom. The van der Waals surface area contributed by atoms with E-state index in [1.54, 1.807) is 0 Å². The number of likely N-dealkylation sites (tertiary alicyclic amines) is 1. The smallest absolute Gasteiger partial charge is 0.0956 e. The van der Waals surface area contributed by atoms with Gasteiger partial charge >= 0.3 is 0 Å².